The molecule has 3 heteroatoms. The summed E-state index contributed by atoms with van der Waals surface area (Å²) in [5.41, 5.74) is 1.89. The molecule has 2 rings (SSSR count). The third-order valence-corrected chi connectivity index (χ3v) is 8.38. The molecule has 0 saturated heterocycles. The Kier molecular flexibility index (Phi) is 4.68. The monoisotopic (exact) mass is 430 g/mol. The Morgan fingerprint density at radius 2 is 1.18 bits per heavy atom. The average Bonchev–Trinajstić information content (AvgIpc) is 2.82. The number of halogens is 2. The lowest BCUT2D eigenvalue weighted by Crippen LogP contribution is -2.51. The molecular formula is C19H28Br2O. The number of alkyl halides is 2. The summed E-state index contributed by atoms with van der Waals surface area (Å²) in [6.07, 6.45) is 6.26. The van der Waals surface area contributed by atoms with E-state index in [2.05, 4.69) is 85.6 Å². The fourth-order valence-corrected chi connectivity index (χ4v) is 6.05. The lowest BCUT2D eigenvalue weighted by Gasteiger charge is -2.48. The van der Waals surface area contributed by atoms with Crippen LogP contribution in [-0.2, 0) is 4.79 Å². The van der Waals surface area contributed by atoms with E-state index in [-0.39, 0.29) is 21.7 Å². The number of rotatable bonds is 4. The molecule has 0 unspecified atom stereocenters. The van der Waals surface area contributed by atoms with Crippen molar-refractivity contribution in [2.75, 3.05) is 10.7 Å². The minimum Gasteiger partial charge on any atom is -0.298 e. The summed E-state index contributed by atoms with van der Waals surface area (Å²) < 4.78 is 0. The van der Waals surface area contributed by atoms with E-state index in [1.165, 1.54) is 11.1 Å². The molecule has 0 radical (unpaired) electrons. The highest BCUT2D eigenvalue weighted by molar-refractivity contribution is 9.09. The molecule has 0 aliphatic heterocycles. The maximum Gasteiger partial charge on any atom is 0.146 e. The van der Waals surface area contributed by atoms with Crippen molar-refractivity contribution in [2.24, 2.45) is 21.7 Å². The van der Waals surface area contributed by atoms with Gasteiger partial charge in [0.2, 0.25) is 0 Å². The van der Waals surface area contributed by atoms with Gasteiger partial charge in [0.15, 0.2) is 0 Å². The summed E-state index contributed by atoms with van der Waals surface area (Å²) in [6, 6.07) is 0. The third kappa shape index (κ3) is 2.17. The van der Waals surface area contributed by atoms with E-state index in [4.69, 9.17) is 0 Å². The molecule has 2 atom stereocenters. The van der Waals surface area contributed by atoms with Crippen LogP contribution in [0, 0.1) is 21.7 Å². The van der Waals surface area contributed by atoms with Gasteiger partial charge >= 0.3 is 0 Å². The van der Waals surface area contributed by atoms with Crippen LogP contribution >= 0.6 is 31.9 Å². The molecule has 1 nitrogen and oxygen atoms in total. The van der Waals surface area contributed by atoms with E-state index < -0.39 is 0 Å². The van der Waals surface area contributed by atoms with Gasteiger partial charge in [0.1, 0.15) is 5.78 Å². The van der Waals surface area contributed by atoms with Gasteiger partial charge in [0.05, 0.1) is 0 Å². The van der Waals surface area contributed by atoms with Crippen LogP contribution in [0.25, 0.3) is 0 Å². The standard InChI is InChI=1S/C19H28Br2O/c1-16(2)13(11-20)7-9-18(16,5)15(22)19(6)10-8-14(12-21)17(19,3)4/h7-8H,9-12H2,1-6H3/t18-,19-/m0/s1. The van der Waals surface area contributed by atoms with E-state index in [0.717, 1.165) is 23.5 Å². The lowest BCUT2D eigenvalue weighted by molar-refractivity contribution is -0.146. The van der Waals surface area contributed by atoms with E-state index in [9.17, 15) is 4.79 Å². The van der Waals surface area contributed by atoms with Crippen molar-refractivity contribution in [3.05, 3.63) is 23.3 Å². The predicted octanol–water partition coefficient (Wildman–Crippen LogP) is 6.07. The van der Waals surface area contributed by atoms with Gasteiger partial charge in [-0.15, -0.1) is 0 Å². The van der Waals surface area contributed by atoms with Gasteiger partial charge in [-0.3, -0.25) is 4.79 Å². The number of hydrogen-bond acceptors (Lipinski definition) is 1. The maximum absolute atomic E-state index is 13.7. The Morgan fingerprint density at radius 1 is 0.864 bits per heavy atom. The first-order valence-electron chi connectivity index (χ1n) is 8.05. The van der Waals surface area contributed by atoms with Gasteiger partial charge in [-0.1, -0.05) is 96.7 Å². The first-order valence-corrected chi connectivity index (χ1v) is 10.3. The van der Waals surface area contributed by atoms with Crippen molar-refractivity contribution in [2.45, 2.75) is 54.4 Å². The quantitative estimate of drug-likeness (QED) is 0.389. The second kappa shape index (κ2) is 5.58. The molecule has 22 heavy (non-hydrogen) atoms. The van der Waals surface area contributed by atoms with Gasteiger partial charge in [0, 0.05) is 21.5 Å². The zero-order valence-corrected chi connectivity index (χ0v) is 17.8. The largest absolute Gasteiger partial charge is 0.298 e. The zero-order chi connectivity index (χ0) is 17.0. The van der Waals surface area contributed by atoms with Crippen LogP contribution in [0.15, 0.2) is 23.3 Å². The molecule has 0 bridgehead atoms. The molecule has 0 amide bonds. The summed E-state index contributed by atoms with van der Waals surface area (Å²) in [5.74, 6) is 0.425. The van der Waals surface area contributed by atoms with Crippen molar-refractivity contribution >= 4 is 37.6 Å². The van der Waals surface area contributed by atoms with Gasteiger partial charge in [-0.2, -0.15) is 0 Å². The number of allylic oxidation sites excluding steroid dienone is 4. The summed E-state index contributed by atoms with van der Waals surface area (Å²) >= 11 is 7.19. The number of ketones is 1. The van der Waals surface area contributed by atoms with Crippen molar-refractivity contribution in [1.29, 1.82) is 0 Å². The van der Waals surface area contributed by atoms with Crippen LogP contribution in [0.4, 0.5) is 0 Å². The first kappa shape index (κ1) is 18.4. The molecule has 2 aliphatic rings. The van der Waals surface area contributed by atoms with Gasteiger partial charge < -0.3 is 0 Å². The smallest absolute Gasteiger partial charge is 0.146 e. The maximum atomic E-state index is 13.7. The fraction of sp³-hybridized carbons (Fsp3) is 0.737. The summed E-state index contributed by atoms with van der Waals surface area (Å²) in [7, 11) is 0. The first-order chi connectivity index (χ1) is 9.99. The van der Waals surface area contributed by atoms with Crippen molar-refractivity contribution in [1.82, 2.24) is 0 Å². The molecule has 0 heterocycles. The molecule has 0 fully saturated rings. The van der Waals surface area contributed by atoms with Crippen LogP contribution in [0.5, 0.6) is 0 Å². The molecule has 0 aromatic carbocycles. The molecule has 0 N–H and O–H groups in total. The van der Waals surface area contributed by atoms with Crippen LogP contribution in [0.3, 0.4) is 0 Å². The molecule has 0 aromatic rings. The van der Waals surface area contributed by atoms with E-state index in [1.54, 1.807) is 0 Å². The van der Waals surface area contributed by atoms with Crippen LogP contribution in [-0.4, -0.2) is 16.4 Å². The fourth-order valence-electron chi connectivity index (χ4n) is 4.19. The van der Waals surface area contributed by atoms with Gasteiger partial charge in [-0.25, -0.2) is 0 Å². The second-order valence-electron chi connectivity index (χ2n) is 8.38. The highest BCUT2D eigenvalue weighted by atomic mass is 79.9. The van der Waals surface area contributed by atoms with Crippen molar-refractivity contribution in [3.63, 3.8) is 0 Å². The number of carbonyl (C=O) groups is 1. The Morgan fingerprint density at radius 3 is 1.41 bits per heavy atom. The van der Waals surface area contributed by atoms with Crippen LogP contribution in [0.1, 0.15) is 54.4 Å². The van der Waals surface area contributed by atoms with E-state index in [1.807, 2.05) is 0 Å². The van der Waals surface area contributed by atoms with Crippen LogP contribution < -0.4 is 0 Å². The third-order valence-electron chi connectivity index (χ3n) is 7.17. The Bertz CT molecular complexity index is 508. The van der Waals surface area contributed by atoms with E-state index in [0.29, 0.717) is 5.78 Å². The summed E-state index contributed by atoms with van der Waals surface area (Å²) in [5, 5.41) is 1.71. The summed E-state index contributed by atoms with van der Waals surface area (Å²) in [4.78, 5) is 13.7. The minimum atomic E-state index is -0.322. The normalized spacial score (nSPS) is 36.2. The van der Waals surface area contributed by atoms with E-state index >= 15 is 0 Å². The second-order valence-corrected chi connectivity index (χ2v) is 9.50. The summed E-state index contributed by atoms with van der Waals surface area (Å²) in [6.45, 7) is 13.3. The molecular weight excluding hydrogens is 404 g/mol. The van der Waals surface area contributed by atoms with Crippen LogP contribution in [0.2, 0.25) is 0 Å². The minimum absolute atomic E-state index is 0.0934. The number of hydrogen-bond donors (Lipinski definition) is 0. The molecule has 0 aromatic heterocycles. The highest BCUT2D eigenvalue weighted by Gasteiger charge is 2.61. The average molecular weight is 432 g/mol. The molecule has 0 spiro atoms. The molecule has 2 aliphatic carbocycles. The highest BCUT2D eigenvalue weighted by Crippen LogP contribution is 2.62. The topological polar surface area (TPSA) is 17.1 Å². The van der Waals surface area contributed by atoms with Crippen molar-refractivity contribution in [3.8, 4) is 0 Å². The zero-order valence-electron chi connectivity index (χ0n) is 14.6. The Labute approximate surface area is 152 Å². The predicted molar refractivity (Wildman–Crippen MR) is 102 cm³/mol. The lowest BCUT2D eigenvalue weighted by atomic mass is 9.53. The Hall–Kier alpha value is 0.110. The SMILES string of the molecule is CC1(C)C(CBr)=CC[C@@]1(C)C(=O)[C@]1(C)CC=C(CBr)C1(C)C. The number of carbonyl (C=O) groups excluding carboxylic acids is 1. The molecule has 0 saturated carbocycles. The number of Topliss-reactive ketones (excluding diaryl/α,β-unsaturated/α-hetero) is 1. The van der Waals surface area contributed by atoms with Gasteiger partial charge in [0.25, 0.3) is 0 Å². The molecule has 124 valence electrons. The van der Waals surface area contributed by atoms with Gasteiger partial charge in [-0.05, 0) is 23.7 Å². The van der Waals surface area contributed by atoms with Crippen molar-refractivity contribution < 1.29 is 4.79 Å². The Balaban J connectivity index is 2.42.